The molecule has 0 aliphatic rings. The lowest BCUT2D eigenvalue weighted by Crippen LogP contribution is -2.28. The molecule has 0 atom stereocenters. The monoisotopic (exact) mass is 624 g/mol. The van der Waals surface area contributed by atoms with E-state index < -0.39 is 0 Å². The zero-order chi connectivity index (χ0) is 34.3. The summed E-state index contributed by atoms with van der Waals surface area (Å²) in [6.45, 7) is 0. The fourth-order valence-corrected chi connectivity index (χ4v) is 6.87. The van der Waals surface area contributed by atoms with Crippen LogP contribution in [-0.2, 0) is 0 Å². The highest BCUT2D eigenvalue weighted by Gasteiger charge is 2.26. The number of benzene rings is 6. The lowest BCUT2D eigenvalue weighted by atomic mass is 9.77. The van der Waals surface area contributed by atoms with Crippen LogP contribution in [0.1, 0.15) is 0 Å². The van der Waals surface area contributed by atoms with Crippen LogP contribution in [0.15, 0.2) is 114 Å². The molecular formula is C39H18B6N4O. The Morgan fingerprint density at radius 2 is 1.00 bits per heavy atom. The maximum atomic E-state index is 6.93. The van der Waals surface area contributed by atoms with Gasteiger partial charge in [0.1, 0.15) is 58.2 Å². The van der Waals surface area contributed by atoms with Gasteiger partial charge >= 0.3 is 0 Å². The van der Waals surface area contributed by atoms with E-state index in [1.807, 2.05) is 83.4 Å². The van der Waals surface area contributed by atoms with Crippen molar-refractivity contribution in [2.24, 2.45) is 0 Å². The van der Waals surface area contributed by atoms with Gasteiger partial charge in [0.2, 0.25) is 5.95 Å². The molecular weight excluding hydrogens is 605 g/mol. The van der Waals surface area contributed by atoms with Crippen LogP contribution < -0.4 is 32.8 Å². The minimum absolute atomic E-state index is 0.228. The van der Waals surface area contributed by atoms with Crippen LogP contribution in [0, 0.1) is 0 Å². The first kappa shape index (κ1) is 30.4. The molecule has 9 rings (SSSR count). The van der Waals surface area contributed by atoms with Crippen molar-refractivity contribution < 1.29 is 4.42 Å². The Bertz CT molecular complexity index is 2820. The summed E-state index contributed by atoms with van der Waals surface area (Å²) < 4.78 is 8.11. The van der Waals surface area contributed by atoms with Gasteiger partial charge in [0.25, 0.3) is 0 Å². The van der Waals surface area contributed by atoms with Gasteiger partial charge in [0.15, 0.2) is 11.6 Å². The van der Waals surface area contributed by atoms with Gasteiger partial charge in [-0.25, -0.2) is 4.98 Å². The van der Waals surface area contributed by atoms with Crippen molar-refractivity contribution in [3.05, 3.63) is 109 Å². The van der Waals surface area contributed by atoms with Gasteiger partial charge in [-0.3, -0.25) is 4.57 Å². The minimum atomic E-state index is 0.228. The summed E-state index contributed by atoms with van der Waals surface area (Å²) in [6.07, 6.45) is 0. The fourth-order valence-electron chi connectivity index (χ4n) is 6.87. The average Bonchev–Trinajstić information content (AvgIpc) is 3.68. The summed E-state index contributed by atoms with van der Waals surface area (Å²) in [4.78, 5) is 15.0. The van der Waals surface area contributed by atoms with Crippen molar-refractivity contribution in [2.45, 2.75) is 0 Å². The first-order chi connectivity index (χ1) is 24.3. The lowest BCUT2D eigenvalue weighted by molar-refractivity contribution is 0.674. The molecule has 5 nitrogen and oxygen atoms in total. The Hall–Kier alpha value is -5.68. The van der Waals surface area contributed by atoms with Crippen molar-refractivity contribution >= 4 is 124 Å². The Morgan fingerprint density at radius 1 is 0.460 bits per heavy atom. The van der Waals surface area contributed by atoms with E-state index in [1.165, 1.54) is 0 Å². The lowest BCUT2D eigenvalue weighted by Gasteiger charge is -2.14. The number of rotatable bonds is 4. The summed E-state index contributed by atoms with van der Waals surface area (Å²) >= 11 is 0. The summed E-state index contributed by atoms with van der Waals surface area (Å²) in [5, 5.41) is 2.74. The Labute approximate surface area is 295 Å². The molecule has 3 aromatic heterocycles. The molecule has 12 radical (unpaired) electrons. The normalized spacial score (nSPS) is 11.7. The molecule has 0 N–H and O–H groups in total. The van der Waals surface area contributed by atoms with Gasteiger partial charge in [-0.15, -0.1) is 0 Å². The van der Waals surface area contributed by atoms with E-state index in [0.717, 1.165) is 22.3 Å². The van der Waals surface area contributed by atoms with E-state index in [9.17, 15) is 0 Å². The molecule has 0 aliphatic carbocycles. The molecule has 50 heavy (non-hydrogen) atoms. The average molecular weight is 623 g/mol. The molecule has 11 heteroatoms. The van der Waals surface area contributed by atoms with Crippen LogP contribution in [0.3, 0.4) is 0 Å². The highest BCUT2D eigenvalue weighted by Crippen LogP contribution is 2.38. The summed E-state index contributed by atoms with van der Waals surface area (Å²) in [5.74, 6) is 1.21. The number of furan rings is 1. The number of hydrogen-bond donors (Lipinski definition) is 0. The number of nitrogens with zero attached hydrogens (tertiary/aromatic N) is 4. The largest absolute Gasteiger partial charge is 0.457 e. The topological polar surface area (TPSA) is 56.7 Å². The van der Waals surface area contributed by atoms with Crippen molar-refractivity contribution in [3.63, 3.8) is 0 Å². The van der Waals surface area contributed by atoms with E-state index in [1.54, 1.807) is 18.2 Å². The van der Waals surface area contributed by atoms with E-state index in [-0.39, 0.29) is 16.9 Å². The third-order valence-electron chi connectivity index (χ3n) is 9.10. The molecule has 0 saturated carbocycles. The highest BCUT2D eigenvalue weighted by atomic mass is 16.3. The maximum Gasteiger partial charge on any atom is 0.238 e. The van der Waals surface area contributed by atoms with E-state index in [4.69, 9.17) is 66.4 Å². The van der Waals surface area contributed by atoms with Crippen molar-refractivity contribution in [1.82, 2.24) is 19.5 Å². The molecule has 0 saturated heterocycles. The summed E-state index contributed by atoms with van der Waals surface area (Å²) in [5.41, 5.74) is 7.90. The molecule has 0 bridgehead atoms. The van der Waals surface area contributed by atoms with E-state index in [2.05, 4.69) is 12.1 Å². The van der Waals surface area contributed by atoms with Crippen LogP contribution in [0.25, 0.3) is 83.6 Å². The molecule has 0 amide bonds. The van der Waals surface area contributed by atoms with Crippen LogP contribution in [0.4, 0.5) is 0 Å². The molecule has 0 unspecified atom stereocenters. The number of hydrogen-bond acceptors (Lipinski definition) is 4. The standard InChI is InChI=1S/C39H18B6N4O/c40-23-15-25-29-30-26-16-24(41)18-28(43)35(26)50-36(30)32(45)31(44)34(29)49(33(25)27(42)17-23)39-47-37(21-9-5-2-6-10-21)46-38(48-39)22-13-11-20(12-14-22)19-7-3-1-4-8-19/h1-18H. The fraction of sp³-hybridized carbons (Fsp3) is 0. The SMILES string of the molecule is [B]c1cc([B])c2oc3c([B])c([B])c4c(c5cc([B])cc([B])c5n4-c4nc(-c5ccccc5)nc(-c5ccc(-c6ccccc6)cc5)n4)c3c2c1. The smallest absolute Gasteiger partial charge is 0.238 e. The first-order valence-corrected chi connectivity index (χ1v) is 15.9. The van der Waals surface area contributed by atoms with E-state index >= 15 is 0 Å². The Balaban J connectivity index is 1.40. The van der Waals surface area contributed by atoms with E-state index in [0.29, 0.717) is 77.2 Å². The van der Waals surface area contributed by atoms with Crippen LogP contribution in [0.5, 0.6) is 0 Å². The number of fused-ring (bicyclic) bond motifs is 7. The Kier molecular flexibility index (Phi) is 6.96. The molecule has 218 valence electrons. The van der Waals surface area contributed by atoms with Gasteiger partial charge in [0.05, 0.1) is 5.52 Å². The van der Waals surface area contributed by atoms with Gasteiger partial charge < -0.3 is 4.42 Å². The quantitative estimate of drug-likeness (QED) is 0.283. The van der Waals surface area contributed by atoms with Crippen molar-refractivity contribution in [3.8, 4) is 39.9 Å². The first-order valence-electron chi connectivity index (χ1n) is 15.9. The summed E-state index contributed by atoms with van der Waals surface area (Å²) in [6, 6.07) is 35.0. The molecule has 0 aliphatic heterocycles. The third-order valence-corrected chi connectivity index (χ3v) is 9.10. The van der Waals surface area contributed by atoms with Crippen LogP contribution >= 0.6 is 0 Å². The second-order valence-electron chi connectivity index (χ2n) is 12.3. The third kappa shape index (κ3) is 4.67. The molecule has 0 spiro atoms. The zero-order valence-corrected chi connectivity index (χ0v) is 26.6. The van der Waals surface area contributed by atoms with Gasteiger partial charge in [-0.05, 0) is 11.1 Å². The molecule has 6 aromatic carbocycles. The molecule has 9 aromatic rings. The summed E-state index contributed by atoms with van der Waals surface area (Å²) in [7, 11) is 39.6. The Morgan fingerprint density at radius 3 is 1.66 bits per heavy atom. The van der Waals surface area contributed by atoms with Gasteiger partial charge in [0, 0.05) is 38.2 Å². The maximum absolute atomic E-state index is 6.93. The molecule has 3 heterocycles. The zero-order valence-electron chi connectivity index (χ0n) is 26.6. The minimum Gasteiger partial charge on any atom is -0.457 e. The van der Waals surface area contributed by atoms with Crippen molar-refractivity contribution in [1.29, 1.82) is 0 Å². The van der Waals surface area contributed by atoms with Crippen molar-refractivity contribution in [2.75, 3.05) is 0 Å². The second kappa shape index (κ2) is 11.4. The molecule has 0 fully saturated rings. The highest BCUT2D eigenvalue weighted by molar-refractivity contribution is 6.59. The van der Waals surface area contributed by atoms with Gasteiger partial charge in [-0.2, -0.15) is 9.97 Å². The predicted molar refractivity (Wildman–Crippen MR) is 210 cm³/mol. The van der Waals surface area contributed by atoms with Crippen LogP contribution in [0.2, 0.25) is 0 Å². The van der Waals surface area contributed by atoms with Gasteiger partial charge in [-0.1, -0.05) is 142 Å². The number of aromatic nitrogens is 4. The predicted octanol–water partition coefficient (Wildman–Crippen LogP) is 2.63. The van der Waals surface area contributed by atoms with Crippen LogP contribution in [-0.4, -0.2) is 66.6 Å². The second-order valence-corrected chi connectivity index (χ2v) is 12.3.